The molecule has 0 radical (unpaired) electrons. The van der Waals surface area contributed by atoms with Gasteiger partial charge in [-0.2, -0.15) is 4.98 Å². The van der Waals surface area contributed by atoms with Crippen LogP contribution in [0.2, 0.25) is 0 Å². The first-order valence-corrected chi connectivity index (χ1v) is 14.2. The summed E-state index contributed by atoms with van der Waals surface area (Å²) in [4.78, 5) is 58.7. The second kappa shape index (κ2) is 13.9. The molecule has 0 saturated carbocycles. The Hall–Kier alpha value is -4.54. The Labute approximate surface area is 245 Å². The highest BCUT2D eigenvalue weighted by atomic mass is 16.5. The number of hydrogen-bond donors (Lipinski definition) is 2. The van der Waals surface area contributed by atoms with E-state index in [1.165, 1.54) is 4.90 Å². The molecule has 1 unspecified atom stereocenters. The summed E-state index contributed by atoms with van der Waals surface area (Å²) in [6, 6.07) is 15.7. The molecule has 4 rings (SSSR count). The molecule has 2 N–H and O–H groups in total. The van der Waals surface area contributed by atoms with Crippen LogP contribution in [0.3, 0.4) is 0 Å². The third-order valence-electron chi connectivity index (χ3n) is 7.17. The van der Waals surface area contributed by atoms with Gasteiger partial charge in [0.2, 0.25) is 23.4 Å². The monoisotopic (exact) mass is 575 g/mol. The van der Waals surface area contributed by atoms with Gasteiger partial charge in [-0.3, -0.25) is 14.4 Å². The van der Waals surface area contributed by atoms with Gasteiger partial charge in [0.1, 0.15) is 18.7 Å². The highest BCUT2D eigenvalue weighted by molar-refractivity contribution is 6.00. The zero-order valence-electron chi connectivity index (χ0n) is 24.3. The van der Waals surface area contributed by atoms with E-state index in [1.807, 2.05) is 62.4 Å². The Balaban J connectivity index is 1.41. The van der Waals surface area contributed by atoms with Crippen molar-refractivity contribution in [3.8, 4) is 11.5 Å². The molecular formula is C31H37N5O6. The second-order valence-electron chi connectivity index (χ2n) is 11.0. The number of amides is 3. The van der Waals surface area contributed by atoms with Crippen molar-refractivity contribution in [1.82, 2.24) is 25.7 Å². The minimum atomic E-state index is -0.928. The fraction of sp³-hybridized carbons (Fsp3) is 0.419. The molecule has 1 aliphatic rings. The van der Waals surface area contributed by atoms with Crippen molar-refractivity contribution in [1.29, 1.82) is 0 Å². The summed E-state index contributed by atoms with van der Waals surface area (Å²) in [6.07, 6.45) is 0.324. The average molecular weight is 576 g/mol. The normalized spacial score (nSPS) is 16.2. The molecule has 3 aromatic rings. The van der Waals surface area contributed by atoms with E-state index in [-0.39, 0.29) is 36.1 Å². The summed E-state index contributed by atoms with van der Waals surface area (Å²) < 4.78 is 10.6. The van der Waals surface area contributed by atoms with Gasteiger partial charge in [0.25, 0.3) is 5.89 Å². The van der Waals surface area contributed by atoms with E-state index in [1.54, 1.807) is 26.0 Å². The Kier molecular flexibility index (Phi) is 10.1. The zero-order valence-corrected chi connectivity index (χ0v) is 24.3. The lowest BCUT2D eigenvalue weighted by Gasteiger charge is -2.31. The van der Waals surface area contributed by atoms with Gasteiger partial charge in [0, 0.05) is 12.1 Å². The van der Waals surface area contributed by atoms with Crippen molar-refractivity contribution in [2.45, 2.75) is 65.3 Å². The number of ether oxygens (including phenoxy) is 1. The number of alkyl carbamates (subject to hydrolysis) is 1. The van der Waals surface area contributed by atoms with Crippen LogP contribution in [-0.2, 0) is 20.9 Å². The molecule has 1 fully saturated rings. The molecule has 11 heteroatoms. The van der Waals surface area contributed by atoms with Crippen molar-refractivity contribution in [3.63, 3.8) is 0 Å². The molecule has 2 heterocycles. The van der Waals surface area contributed by atoms with Crippen LogP contribution in [0.4, 0.5) is 4.79 Å². The van der Waals surface area contributed by atoms with Gasteiger partial charge >= 0.3 is 6.09 Å². The van der Waals surface area contributed by atoms with Crippen molar-refractivity contribution in [3.05, 3.63) is 72.1 Å². The summed E-state index contributed by atoms with van der Waals surface area (Å²) in [6.45, 7) is 7.65. The molecule has 3 amide bonds. The predicted molar refractivity (Wildman–Crippen MR) is 154 cm³/mol. The fourth-order valence-corrected chi connectivity index (χ4v) is 4.83. The second-order valence-corrected chi connectivity index (χ2v) is 11.0. The summed E-state index contributed by atoms with van der Waals surface area (Å²) >= 11 is 0. The quantitative estimate of drug-likeness (QED) is 0.327. The molecule has 1 saturated heterocycles. The number of Topliss-reactive ketones (excluding diaryl/α,β-unsaturated/α-hetero) is 1. The summed E-state index contributed by atoms with van der Waals surface area (Å²) in [5, 5.41) is 9.34. The maximum atomic E-state index is 13.6. The van der Waals surface area contributed by atoms with Gasteiger partial charge in [-0.05, 0) is 42.4 Å². The molecule has 1 aliphatic heterocycles. The number of hydrogen-bond acceptors (Lipinski definition) is 8. The van der Waals surface area contributed by atoms with Gasteiger partial charge in [-0.15, -0.1) is 0 Å². The van der Waals surface area contributed by atoms with Crippen molar-refractivity contribution >= 4 is 23.7 Å². The number of nitrogens with zero attached hydrogens (tertiary/aromatic N) is 3. The highest BCUT2D eigenvalue weighted by Crippen LogP contribution is 2.22. The minimum Gasteiger partial charge on any atom is -0.445 e. The maximum Gasteiger partial charge on any atom is 0.408 e. The van der Waals surface area contributed by atoms with E-state index < -0.39 is 35.9 Å². The van der Waals surface area contributed by atoms with Crippen LogP contribution >= 0.6 is 0 Å². The molecule has 2 aromatic carbocycles. The molecule has 1 aromatic heterocycles. The van der Waals surface area contributed by atoms with Gasteiger partial charge < -0.3 is 24.8 Å². The van der Waals surface area contributed by atoms with Gasteiger partial charge in [-0.25, -0.2) is 4.79 Å². The summed E-state index contributed by atoms with van der Waals surface area (Å²) in [7, 11) is 0. The van der Waals surface area contributed by atoms with Crippen LogP contribution < -0.4 is 10.6 Å². The molecule has 222 valence electrons. The first-order valence-electron chi connectivity index (χ1n) is 14.2. The minimum absolute atomic E-state index is 0.0677. The molecule has 0 bridgehead atoms. The number of ketones is 1. The van der Waals surface area contributed by atoms with Crippen LogP contribution in [0.25, 0.3) is 11.5 Å². The first-order chi connectivity index (χ1) is 20.2. The summed E-state index contributed by atoms with van der Waals surface area (Å²) in [5.74, 6) is -1.78. The van der Waals surface area contributed by atoms with Crippen LogP contribution in [0, 0.1) is 11.8 Å². The standard InChI is InChI=1S/C31H37N5O6/c1-19(2)24(26(37)27-34-29(42-35-27)22-14-9-6-10-15-22)32-28(38)23-16-11-17-36(23)30(39)25(20(3)4)33-31(40)41-18-21-12-7-5-8-13-21/h5-10,12-15,19-20,23-25H,11,16-18H2,1-4H3,(H,32,38)(H,33,40)/t23?,24-,25+/m1/s1. The van der Waals surface area contributed by atoms with Crippen molar-refractivity contribution in [2.75, 3.05) is 6.54 Å². The van der Waals surface area contributed by atoms with E-state index in [2.05, 4.69) is 20.8 Å². The lowest BCUT2D eigenvalue weighted by molar-refractivity contribution is -0.141. The zero-order chi connectivity index (χ0) is 30.2. The maximum absolute atomic E-state index is 13.6. The third kappa shape index (κ3) is 7.39. The topological polar surface area (TPSA) is 144 Å². The Bertz CT molecular complexity index is 1370. The van der Waals surface area contributed by atoms with Gasteiger partial charge in [-0.1, -0.05) is 81.4 Å². The number of carbonyl (C=O) groups is 4. The number of aromatic nitrogens is 2. The SMILES string of the molecule is CC(C)[C@H](NC(=O)OCc1ccccc1)C(=O)N1CCCC1C(=O)N[C@@H](C(=O)c1noc(-c2ccccc2)n1)C(C)C. The van der Waals surface area contributed by atoms with Gasteiger partial charge in [0.15, 0.2) is 0 Å². The van der Waals surface area contributed by atoms with Crippen LogP contribution in [0.5, 0.6) is 0 Å². The van der Waals surface area contributed by atoms with E-state index in [4.69, 9.17) is 9.26 Å². The third-order valence-corrected chi connectivity index (χ3v) is 7.17. The molecule has 11 nitrogen and oxygen atoms in total. The van der Waals surface area contributed by atoms with Crippen LogP contribution in [0.15, 0.2) is 65.2 Å². The average Bonchev–Trinajstić information content (AvgIpc) is 3.68. The fourth-order valence-electron chi connectivity index (χ4n) is 4.83. The van der Waals surface area contributed by atoms with E-state index in [0.29, 0.717) is 24.9 Å². The Morgan fingerprint density at radius 2 is 1.57 bits per heavy atom. The van der Waals surface area contributed by atoms with E-state index in [0.717, 1.165) is 5.56 Å². The summed E-state index contributed by atoms with van der Waals surface area (Å²) in [5.41, 5.74) is 1.49. The molecule has 3 atom stereocenters. The largest absolute Gasteiger partial charge is 0.445 e. The number of likely N-dealkylation sites (tertiary alicyclic amines) is 1. The number of carbonyl (C=O) groups excluding carboxylic acids is 4. The van der Waals surface area contributed by atoms with E-state index >= 15 is 0 Å². The Morgan fingerprint density at radius 1 is 0.929 bits per heavy atom. The van der Waals surface area contributed by atoms with E-state index in [9.17, 15) is 19.2 Å². The smallest absolute Gasteiger partial charge is 0.408 e. The number of nitrogens with one attached hydrogen (secondary N) is 2. The number of rotatable bonds is 11. The lowest BCUT2D eigenvalue weighted by Crippen LogP contribution is -2.57. The molecule has 42 heavy (non-hydrogen) atoms. The van der Waals surface area contributed by atoms with Crippen molar-refractivity contribution < 1.29 is 28.4 Å². The van der Waals surface area contributed by atoms with Crippen LogP contribution in [0.1, 0.15) is 56.7 Å². The van der Waals surface area contributed by atoms with Gasteiger partial charge in [0.05, 0.1) is 6.04 Å². The molecule has 0 spiro atoms. The van der Waals surface area contributed by atoms with Crippen molar-refractivity contribution in [2.24, 2.45) is 11.8 Å². The Morgan fingerprint density at radius 3 is 2.21 bits per heavy atom. The number of benzene rings is 2. The highest BCUT2D eigenvalue weighted by Gasteiger charge is 2.40. The first kappa shape index (κ1) is 30.4. The van der Waals surface area contributed by atoms with Crippen LogP contribution in [-0.4, -0.2) is 63.4 Å². The predicted octanol–water partition coefficient (Wildman–Crippen LogP) is 4.00. The lowest BCUT2D eigenvalue weighted by atomic mass is 9.98. The molecular weight excluding hydrogens is 538 g/mol. The molecule has 0 aliphatic carbocycles.